The number of hydrogen-bond donors (Lipinski definition) is 2. The first-order valence-electron chi connectivity index (χ1n) is 7.88. The summed E-state index contributed by atoms with van der Waals surface area (Å²) in [6.45, 7) is 0. The highest BCUT2D eigenvalue weighted by molar-refractivity contribution is 6.33. The van der Waals surface area contributed by atoms with E-state index in [1.54, 1.807) is 24.4 Å². The number of nitrogens with zero attached hydrogens (tertiary/aromatic N) is 1. The molecule has 4 nitrogen and oxygen atoms in total. The summed E-state index contributed by atoms with van der Waals surface area (Å²) in [4.78, 5) is 14.6. The molecule has 4 rings (SSSR count). The Labute approximate surface area is 149 Å². The Balaban J connectivity index is 0.000000549. The minimum Gasteiger partial charge on any atom is -0.465 e. The van der Waals surface area contributed by atoms with Gasteiger partial charge in [0, 0.05) is 22.2 Å². The Morgan fingerprint density at radius 2 is 1.84 bits per heavy atom. The molecule has 1 amide bonds. The predicted octanol–water partition coefficient (Wildman–Crippen LogP) is 5.95. The lowest BCUT2D eigenvalue weighted by Gasteiger charge is -2.07. The molecule has 0 bridgehead atoms. The normalized spacial score (nSPS) is 12.2. The lowest BCUT2D eigenvalue weighted by Crippen LogP contribution is -2.08. The van der Waals surface area contributed by atoms with E-state index < -0.39 is 6.09 Å². The van der Waals surface area contributed by atoms with Gasteiger partial charge in [0.05, 0.1) is 0 Å². The minimum atomic E-state index is -1.17. The average molecular weight is 359 g/mol. The Kier molecular flexibility index (Phi) is 5.14. The SMILES string of the molecule is C1CC1.O=C(O)Nc1cc2ccc(-c3cc(F)ccc3Cl)cc2cn1. The van der Waals surface area contributed by atoms with Crippen molar-refractivity contribution in [1.29, 1.82) is 0 Å². The zero-order valence-electron chi connectivity index (χ0n) is 13.3. The Bertz CT molecular complexity index is 926. The highest BCUT2D eigenvalue weighted by atomic mass is 35.5. The van der Waals surface area contributed by atoms with Crippen LogP contribution < -0.4 is 5.32 Å². The molecule has 1 aromatic heterocycles. The maximum Gasteiger partial charge on any atom is 0.410 e. The number of fused-ring (bicyclic) bond motifs is 1. The summed E-state index contributed by atoms with van der Waals surface area (Å²) in [5.41, 5.74) is 1.36. The number of pyridine rings is 1. The van der Waals surface area contributed by atoms with E-state index in [1.165, 1.54) is 37.5 Å². The number of carboxylic acid groups (broad SMARTS) is 1. The maximum absolute atomic E-state index is 13.4. The number of nitrogens with one attached hydrogen (secondary N) is 1. The van der Waals surface area contributed by atoms with Crippen molar-refractivity contribution in [2.75, 3.05) is 5.32 Å². The molecule has 1 aliphatic rings. The fraction of sp³-hybridized carbons (Fsp3) is 0.158. The first-order valence-corrected chi connectivity index (χ1v) is 8.26. The van der Waals surface area contributed by atoms with Crippen LogP contribution in [0.1, 0.15) is 19.3 Å². The van der Waals surface area contributed by atoms with Crippen LogP contribution in [-0.4, -0.2) is 16.2 Å². The van der Waals surface area contributed by atoms with Crippen molar-refractivity contribution >= 4 is 34.3 Å². The van der Waals surface area contributed by atoms with E-state index in [0.29, 0.717) is 10.6 Å². The molecule has 2 aromatic carbocycles. The monoisotopic (exact) mass is 358 g/mol. The van der Waals surface area contributed by atoms with Crippen LogP contribution in [0, 0.1) is 5.82 Å². The third-order valence-electron chi connectivity index (χ3n) is 3.55. The van der Waals surface area contributed by atoms with E-state index in [2.05, 4.69) is 10.3 Å². The third-order valence-corrected chi connectivity index (χ3v) is 3.88. The molecule has 0 saturated heterocycles. The lowest BCUT2D eigenvalue weighted by molar-refractivity contribution is 0.209. The molecule has 128 valence electrons. The van der Waals surface area contributed by atoms with E-state index in [4.69, 9.17) is 16.7 Å². The molecule has 0 aliphatic heterocycles. The molecule has 0 unspecified atom stereocenters. The zero-order valence-corrected chi connectivity index (χ0v) is 14.1. The summed E-state index contributed by atoms with van der Waals surface area (Å²) < 4.78 is 13.4. The van der Waals surface area contributed by atoms with E-state index in [-0.39, 0.29) is 11.6 Å². The number of rotatable bonds is 2. The van der Waals surface area contributed by atoms with Crippen LogP contribution in [0.15, 0.2) is 48.7 Å². The van der Waals surface area contributed by atoms with Gasteiger partial charge in [-0.1, -0.05) is 43.0 Å². The first kappa shape index (κ1) is 17.2. The van der Waals surface area contributed by atoms with Gasteiger partial charge >= 0.3 is 6.09 Å². The van der Waals surface area contributed by atoms with Crippen LogP contribution in [0.4, 0.5) is 15.0 Å². The van der Waals surface area contributed by atoms with Gasteiger partial charge in [0.15, 0.2) is 0 Å². The van der Waals surface area contributed by atoms with Crippen molar-refractivity contribution in [2.45, 2.75) is 19.3 Å². The van der Waals surface area contributed by atoms with Crippen LogP contribution in [0.3, 0.4) is 0 Å². The minimum absolute atomic E-state index is 0.247. The lowest BCUT2D eigenvalue weighted by atomic mass is 10.0. The van der Waals surface area contributed by atoms with Gasteiger partial charge in [-0.15, -0.1) is 0 Å². The van der Waals surface area contributed by atoms with Crippen molar-refractivity contribution in [3.8, 4) is 11.1 Å². The van der Waals surface area contributed by atoms with Crippen LogP contribution in [0.5, 0.6) is 0 Å². The standard InChI is InChI=1S/C16H10ClFN2O2.C3H6/c17-14-4-3-12(18)7-13(14)10-2-1-9-6-15(20-16(21)22)19-8-11(9)5-10;1-2-3-1/h1-8H,(H,19,20)(H,21,22);1-3H2. The molecule has 0 spiro atoms. The van der Waals surface area contributed by atoms with Gasteiger partial charge in [0.25, 0.3) is 0 Å². The summed E-state index contributed by atoms with van der Waals surface area (Å²) in [6.07, 6.45) is 4.88. The maximum atomic E-state index is 13.4. The summed E-state index contributed by atoms with van der Waals surface area (Å²) in [5.74, 6) is -0.116. The molecule has 25 heavy (non-hydrogen) atoms. The Morgan fingerprint density at radius 3 is 2.52 bits per heavy atom. The van der Waals surface area contributed by atoms with Gasteiger partial charge in [-0.25, -0.2) is 14.2 Å². The summed E-state index contributed by atoms with van der Waals surface area (Å²) in [5, 5.41) is 13.0. The number of halogens is 2. The molecule has 1 aliphatic carbocycles. The van der Waals surface area contributed by atoms with Crippen molar-refractivity contribution in [1.82, 2.24) is 4.98 Å². The topological polar surface area (TPSA) is 62.2 Å². The second kappa shape index (κ2) is 7.49. The fourth-order valence-electron chi connectivity index (χ4n) is 2.21. The summed E-state index contributed by atoms with van der Waals surface area (Å²) >= 11 is 6.11. The molecule has 0 atom stereocenters. The van der Waals surface area contributed by atoms with Gasteiger partial charge in [-0.2, -0.15) is 0 Å². The van der Waals surface area contributed by atoms with Gasteiger partial charge in [-0.3, -0.25) is 5.32 Å². The number of carbonyl (C=O) groups is 1. The van der Waals surface area contributed by atoms with Crippen LogP contribution in [-0.2, 0) is 0 Å². The van der Waals surface area contributed by atoms with Crippen molar-refractivity contribution in [3.63, 3.8) is 0 Å². The second-order valence-corrected chi connectivity index (χ2v) is 6.15. The van der Waals surface area contributed by atoms with E-state index >= 15 is 0 Å². The molecule has 1 saturated carbocycles. The van der Waals surface area contributed by atoms with E-state index in [0.717, 1.165) is 16.3 Å². The van der Waals surface area contributed by atoms with Gasteiger partial charge in [0.1, 0.15) is 11.6 Å². The van der Waals surface area contributed by atoms with Crippen molar-refractivity contribution in [2.24, 2.45) is 0 Å². The fourth-order valence-corrected chi connectivity index (χ4v) is 2.43. The number of hydrogen-bond acceptors (Lipinski definition) is 2. The van der Waals surface area contributed by atoms with E-state index in [9.17, 15) is 9.18 Å². The van der Waals surface area contributed by atoms with E-state index in [1.807, 2.05) is 6.07 Å². The molecule has 6 heteroatoms. The smallest absolute Gasteiger partial charge is 0.410 e. The predicted molar refractivity (Wildman–Crippen MR) is 97.6 cm³/mol. The molecule has 2 N–H and O–H groups in total. The van der Waals surface area contributed by atoms with Crippen LogP contribution >= 0.6 is 11.6 Å². The Hall–Kier alpha value is -2.66. The first-order chi connectivity index (χ1) is 12.0. The quantitative estimate of drug-likeness (QED) is 0.594. The highest BCUT2D eigenvalue weighted by Crippen LogP contribution is 2.31. The average Bonchev–Trinajstić information content (AvgIpc) is 3.45. The summed E-state index contributed by atoms with van der Waals surface area (Å²) in [7, 11) is 0. The zero-order chi connectivity index (χ0) is 17.8. The van der Waals surface area contributed by atoms with Crippen molar-refractivity contribution < 1.29 is 14.3 Å². The molecular weight excluding hydrogens is 343 g/mol. The van der Waals surface area contributed by atoms with Crippen molar-refractivity contribution in [3.05, 3.63) is 59.5 Å². The summed E-state index contributed by atoms with van der Waals surface area (Å²) in [6, 6.07) is 11.2. The highest BCUT2D eigenvalue weighted by Gasteiger charge is 2.07. The van der Waals surface area contributed by atoms with Gasteiger partial charge < -0.3 is 5.11 Å². The van der Waals surface area contributed by atoms with Crippen LogP contribution in [0.25, 0.3) is 21.9 Å². The molecule has 1 heterocycles. The number of amides is 1. The molecule has 0 radical (unpaired) electrons. The van der Waals surface area contributed by atoms with Gasteiger partial charge in [0.2, 0.25) is 0 Å². The molecule has 3 aromatic rings. The Morgan fingerprint density at radius 1 is 1.08 bits per heavy atom. The number of benzene rings is 2. The molecule has 1 fully saturated rings. The molecular formula is C19H16ClFN2O2. The second-order valence-electron chi connectivity index (χ2n) is 5.75. The van der Waals surface area contributed by atoms with Crippen LogP contribution in [0.2, 0.25) is 5.02 Å². The number of aromatic nitrogens is 1. The van der Waals surface area contributed by atoms with Gasteiger partial charge in [-0.05, 0) is 41.3 Å². The number of anilines is 1. The largest absolute Gasteiger partial charge is 0.465 e. The third kappa shape index (κ3) is 4.67.